The number of aromatic nitrogens is 1. The summed E-state index contributed by atoms with van der Waals surface area (Å²) in [5.74, 6) is -0.00835. The van der Waals surface area contributed by atoms with Gasteiger partial charge in [0.25, 0.3) is 5.91 Å². The lowest BCUT2D eigenvalue weighted by Gasteiger charge is -2.40. The Balaban J connectivity index is 1.49. The molecule has 6 heteroatoms. The third kappa shape index (κ3) is 5.40. The fourth-order valence-corrected chi connectivity index (χ4v) is 4.40. The maximum absolute atomic E-state index is 12.4. The van der Waals surface area contributed by atoms with E-state index in [1.165, 1.54) is 16.9 Å². The van der Waals surface area contributed by atoms with Gasteiger partial charge in [-0.25, -0.2) is 4.98 Å². The fourth-order valence-electron chi connectivity index (χ4n) is 3.51. The van der Waals surface area contributed by atoms with Crippen molar-refractivity contribution in [2.24, 2.45) is 0 Å². The number of amides is 1. The van der Waals surface area contributed by atoms with E-state index in [4.69, 9.17) is 0 Å². The molecule has 1 N–H and O–H groups in total. The lowest BCUT2D eigenvalue weighted by molar-refractivity contribution is 0.0866. The van der Waals surface area contributed by atoms with E-state index in [2.05, 4.69) is 78.3 Å². The zero-order valence-electron chi connectivity index (χ0n) is 17.4. The number of carbonyl (C=O) groups is 1. The monoisotopic (exact) mass is 400 g/mol. The molecule has 2 aromatic rings. The van der Waals surface area contributed by atoms with Crippen molar-refractivity contribution in [3.8, 4) is 0 Å². The second-order valence-corrected chi connectivity index (χ2v) is 9.64. The fraction of sp³-hybridized carbons (Fsp3) is 0.545. The van der Waals surface area contributed by atoms with Crippen LogP contribution in [0.2, 0.25) is 0 Å². The number of piperazine rings is 1. The first-order valence-corrected chi connectivity index (χ1v) is 10.9. The van der Waals surface area contributed by atoms with Crippen LogP contribution in [-0.2, 0) is 5.41 Å². The Morgan fingerprint density at radius 2 is 2.00 bits per heavy atom. The Kier molecular flexibility index (Phi) is 6.86. The van der Waals surface area contributed by atoms with Gasteiger partial charge >= 0.3 is 0 Å². The summed E-state index contributed by atoms with van der Waals surface area (Å²) >= 11 is 1.49. The molecule has 3 rings (SSSR count). The zero-order chi connectivity index (χ0) is 20.1. The van der Waals surface area contributed by atoms with Crippen LogP contribution in [0.1, 0.15) is 53.5 Å². The average molecular weight is 401 g/mol. The molecule has 0 aliphatic carbocycles. The van der Waals surface area contributed by atoms with Gasteiger partial charge in [-0.2, -0.15) is 0 Å². The van der Waals surface area contributed by atoms with E-state index >= 15 is 0 Å². The summed E-state index contributed by atoms with van der Waals surface area (Å²) in [5.41, 5.74) is 1.36. The predicted molar refractivity (Wildman–Crippen MR) is 116 cm³/mol. The van der Waals surface area contributed by atoms with Crippen molar-refractivity contribution in [3.05, 3.63) is 52.0 Å². The summed E-state index contributed by atoms with van der Waals surface area (Å²) in [6.45, 7) is 11.2. The van der Waals surface area contributed by atoms with E-state index < -0.39 is 0 Å². The van der Waals surface area contributed by atoms with Crippen LogP contribution in [0, 0.1) is 0 Å². The maximum Gasteiger partial charge on any atom is 0.263 e. The van der Waals surface area contributed by atoms with Crippen molar-refractivity contribution in [1.82, 2.24) is 20.1 Å². The molecular formula is C22H32N4OS. The highest BCUT2D eigenvalue weighted by Gasteiger charge is 2.26. The molecule has 1 aliphatic heterocycles. The third-order valence-corrected chi connectivity index (χ3v) is 6.58. The quantitative estimate of drug-likeness (QED) is 0.754. The summed E-state index contributed by atoms with van der Waals surface area (Å²) in [7, 11) is 2.19. The highest BCUT2D eigenvalue weighted by molar-refractivity contribution is 7.13. The van der Waals surface area contributed by atoms with E-state index in [9.17, 15) is 4.79 Å². The van der Waals surface area contributed by atoms with Gasteiger partial charge in [-0.15, -0.1) is 11.3 Å². The van der Waals surface area contributed by atoms with E-state index in [1.807, 2.05) is 0 Å². The van der Waals surface area contributed by atoms with E-state index in [0.717, 1.165) is 37.6 Å². The molecule has 0 bridgehead atoms. The Bertz CT molecular complexity index is 768. The molecule has 28 heavy (non-hydrogen) atoms. The number of carbonyl (C=O) groups excluding carboxylic acids is 1. The van der Waals surface area contributed by atoms with Crippen molar-refractivity contribution >= 4 is 17.2 Å². The molecule has 2 heterocycles. The van der Waals surface area contributed by atoms with Crippen molar-refractivity contribution in [3.63, 3.8) is 0 Å². The van der Waals surface area contributed by atoms with Gasteiger partial charge in [0.15, 0.2) is 0 Å². The summed E-state index contributed by atoms with van der Waals surface area (Å²) in [6.07, 6.45) is 2.65. The second kappa shape index (κ2) is 9.16. The number of nitrogens with zero attached hydrogens (tertiary/aromatic N) is 3. The molecule has 0 spiro atoms. The van der Waals surface area contributed by atoms with E-state index in [-0.39, 0.29) is 11.3 Å². The van der Waals surface area contributed by atoms with Crippen LogP contribution >= 0.6 is 11.3 Å². The van der Waals surface area contributed by atoms with Crippen LogP contribution in [0.25, 0.3) is 0 Å². The molecule has 152 valence electrons. The van der Waals surface area contributed by atoms with Crippen LogP contribution < -0.4 is 5.32 Å². The van der Waals surface area contributed by atoms with Crippen LogP contribution in [0.3, 0.4) is 0 Å². The SMILES string of the molecule is CN1CCN(CCCNC(=O)c2cnc(C(C)(C)C)s2)C(c2ccccc2)C1. The van der Waals surface area contributed by atoms with Gasteiger partial charge in [0.1, 0.15) is 4.88 Å². The van der Waals surface area contributed by atoms with Crippen molar-refractivity contribution < 1.29 is 4.79 Å². The van der Waals surface area contributed by atoms with Crippen LogP contribution in [0.15, 0.2) is 36.5 Å². The molecule has 1 atom stereocenters. The van der Waals surface area contributed by atoms with Crippen molar-refractivity contribution in [1.29, 1.82) is 0 Å². The number of likely N-dealkylation sites (N-methyl/N-ethyl adjacent to an activating group) is 1. The molecule has 5 nitrogen and oxygen atoms in total. The number of nitrogens with one attached hydrogen (secondary N) is 1. The van der Waals surface area contributed by atoms with Gasteiger partial charge in [-0.1, -0.05) is 51.1 Å². The van der Waals surface area contributed by atoms with Gasteiger partial charge in [-0.3, -0.25) is 9.69 Å². The minimum absolute atomic E-state index is 0.00835. The van der Waals surface area contributed by atoms with Gasteiger partial charge in [-0.05, 0) is 19.0 Å². The molecule has 1 aliphatic rings. The van der Waals surface area contributed by atoms with Gasteiger partial charge in [0.05, 0.1) is 11.2 Å². The molecule has 0 saturated carbocycles. The summed E-state index contributed by atoms with van der Waals surface area (Å²) in [6, 6.07) is 11.2. The first-order chi connectivity index (χ1) is 13.3. The van der Waals surface area contributed by atoms with Gasteiger partial charge in [0.2, 0.25) is 0 Å². The normalized spacial score (nSPS) is 18.9. The number of thiazole rings is 1. The Hall–Kier alpha value is -1.76. The summed E-state index contributed by atoms with van der Waals surface area (Å²) < 4.78 is 0. The molecule has 1 aromatic carbocycles. The smallest absolute Gasteiger partial charge is 0.263 e. The number of hydrogen-bond donors (Lipinski definition) is 1. The Labute approximate surface area is 172 Å². The molecule has 1 aromatic heterocycles. The second-order valence-electron chi connectivity index (χ2n) is 8.61. The highest BCUT2D eigenvalue weighted by Crippen LogP contribution is 2.27. The standard InChI is InChI=1S/C22H32N4OS/c1-22(2,3)21-24-15-19(28-21)20(27)23-11-8-12-26-14-13-25(4)16-18(26)17-9-6-5-7-10-17/h5-7,9-10,15,18H,8,11-14,16H2,1-4H3,(H,23,27). The largest absolute Gasteiger partial charge is 0.351 e. The Morgan fingerprint density at radius 1 is 1.25 bits per heavy atom. The number of hydrogen-bond acceptors (Lipinski definition) is 5. The van der Waals surface area contributed by atoms with Gasteiger partial charge < -0.3 is 10.2 Å². The number of benzene rings is 1. The molecule has 1 amide bonds. The molecule has 1 fully saturated rings. The minimum atomic E-state index is -0.0168. The maximum atomic E-state index is 12.4. The van der Waals surface area contributed by atoms with Crippen molar-refractivity contribution in [2.75, 3.05) is 39.8 Å². The minimum Gasteiger partial charge on any atom is -0.351 e. The molecule has 1 unspecified atom stereocenters. The van der Waals surface area contributed by atoms with E-state index in [1.54, 1.807) is 6.20 Å². The van der Waals surface area contributed by atoms with Gasteiger partial charge in [0, 0.05) is 44.2 Å². The van der Waals surface area contributed by atoms with Crippen LogP contribution in [0.5, 0.6) is 0 Å². The lowest BCUT2D eigenvalue weighted by Crippen LogP contribution is -2.47. The molecular weight excluding hydrogens is 368 g/mol. The molecule has 1 saturated heterocycles. The number of rotatable bonds is 6. The Morgan fingerprint density at radius 3 is 2.68 bits per heavy atom. The first-order valence-electron chi connectivity index (χ1n) is 10.1. The average Bonchev–Trinajstić information content (AvgIpc) is 3.17. The summed E-state index contributed by atoms with van der Waals surface area (Å²) in [5, 5.41) is 4.06. The topological polar surface area (TPSA) is 48.5 Å². The predicted octanol–water partition coefficient (Wildman–Crippen LogP) is 3.55. The third-order valence-electron chi connectivity index (χ3n) is 5.16. The zero-order valence-corrected chi connectivity index (χ0v) is 18.3. The van der Waals surface area contributed by atoms with Crippen LogP contribution in [-0.4, -0.2) is 60.5 Å². The first kappa shape index (κ1) is 21.0. The van der Waals surface area contributed by atoms with E-state index in [0.29, 0.717) is 17.5 Å². The highest BCUT2D eigenvalue weighted by atomic mass is 32.1. The van der Waals surface area contributed by atoms with Crippen molar-refractivity contribution in [2.45, 2.75) is 38.6 Å². The summed E-state index contributed by atoms with van der Waals surface area (Å²) in [4.78, 5) is 22.5. The van der Waals surface area contributed by atoms with Crippen LogP contribution in [0.4, 0.5) is 0 Å². The molecule has 0 radical (unpaired) electrons. The lowest BCUT2D eigenvalue weighted by atomic mass is 9.98.